The Labute approximate surface area is 89.0 Å². The Balaban J connectivity index is 3.07. The van der Waals surface area contributed by atoms with Gasteiger partial charge < -0.3 is 14.7 Å². The van der Waals surface area contributed by atoms with Gasteiger partial charge in [-0.25, -0.2) is 0 Å². The second-order valence-corrected chi connectivity index (χ2v) is 3.35. The molecule has 2 N–H and O–H groups in total. The summed E-state index contributed by atoms with van der Waals surface area (Å²) in [4.78, 5) is 0. The molecule has 84 valence electrons. The van der Waals surface area contributed by atoms with Gasteiger partial charge in [-0.3, -0.25) is 0 Å². The molecule has 0 aromatic rings. The largest absolute Gasteiger partial charge is 0.634 e. The van der Waals surface area contributed by atoms with Crippen LogP contribution in [0.15, 0.2) is 24.3 Å². The molecule has 0 aliphatic heterocycles. The molecule has 0 bridgehead atoms. The zero-order valence-electron chi connectivity index (χ0n) is 7.28. The van der Waals surface area contributed by atoms with Crippen LogP contribution in [0.3, 0.4) is 0 Å². The summed E-state index contributed by atoms with van der Waals surface area (Å²) in [5.74, 6) is 0. The van der Waals surface area contributed by atoms with Gasteiger partial charge in [0.25, 0.3) is 0 Å². The smallest absolute Gasteiger partial charge is 0.402 e. The van der Waals surface area contributed by atoms with E-state index >= 15 is 0 Å². The van der Waals surface area contributed by atoms with Crippen molar-refractivity contribution < 1.29 is 27.9 Å². The Morgan fingerprint density at radius 1 is 1.33 bits per heavy atom. The highest BCUT2D eigenvalue weighted by Gasteiger charge is 2.60. The van der Waals surface area contributed by atoms with Gasteiger partial charge in [0.2, 0.25) is 0 Å². The van der Waals surface area contributed by atoms with E-state index in [9.17, 15) is 13.2 Å². The molecule has 0 heterocycles. The average molecular weight is 242 g/mol. The van der Waals surface area contributed by atoms with Crippen LogP contribution in [0.25, 0.3) is 0 Å². The van der Waals surface area contributed by atoms with Crippen LogP contribution in [0.4, 0.5) is 13.2 Å². The zero-order chi connectivity index (χ0) is 11.7. The summed E-state index contributed by atoms with van der Waals surface area (Å²) in [6, 6.07) is 0. The Kier molecular flexibility index (Phi) is 3.50. The molecule has 1 aliphatic rings. The first-order chi connectivity index (χ1) is 6.79. The number of rotatable bonds is 2. The summed E-state index contributed by atoms with van der Waals surface area (Å²) in [6.07, 6.45) is -0.755. The van der Waals surface area contributed by atoms with Gasteiger partial charge in [0.05, 0.1) is 5.38 Å². The zero-order valence-corrected chi connectivity index (χ0v) is 8.03. The molecule has 0 saturated heterocycles. The normalized spacial score (nSPS) is 30.7. The van der Waals surface area contributed by atoms with Gasteiger partial charge in [0, 0.05) is 0 Å². The summed E-state index contributed by atoms with van der Waals surface area (Å²) < 4.78 is 42.1. The molecule has 1 aliphatic carbocycles. The minimum Gasteiger partial charge on any atom is -0.402 e. The molecule has 2 atom stereocenters. The minimum absolute atomic E-state index is 0.643. The van der Waals surface area contributed by atoms with E-state index in [0.29, 0.717) is 6.08 Å². The van der Waals surface area contributed by atoms with Crippen LogP contribution in [-0.2, 0) is 4.65 Å². The second-order valence-electron chi connectivity index (χ2n) is 2.88. The second kappa shape index (κ2) is 4.17. The number of hydrogen-bond acceptors (Lipinski definition) is 3. The predicted molar refractivity (Wildman–Crippen MR) is 48.0 cm³/mol. The predicted octanol–water partition coefficient (Wildman–Crippen LogP) is 1.01. The van der Waals surface area contributed by atoms with Gasteiger partial charge in [-0.15, -0.1) is 11.6 Å². The molecular weight excluding hydrogens is 235 g/mol. The standard InChI is InChI=1S/C7H7BClF3O3/c9-5-3-1-2-4-6(5,7(10,11)12)15-8(13)14/h1-5,13-14H. The SMILES string of the molecule is OB(O)OC1(C(F)(F)F)C=CC=CC1Cl. The third-order valence-corrected chi connectivity index (χ3v) is 2.36. The van der Waals surface area contributed by atoms with Crippen LogP contribution in [0.2, 0.25) is 0 Å². The van der Waals surface area contributed by atoms with Crippen molar-refractivity contribution in [2.45, 2.75) is 17.2 Å². The molecule has 8 heteroatoms. The molecule has 0 aromatic carbocycles. The van der Waals surface area contributed by atoms with Crippen molar-refractivity contribution in [3.8, 4) is 0 Å². The highest BCUT2D eigenvalue weighted by atomic mass is 35.5. The van der Waals surface area contributed by atoms with E-state index in [-0.39, 0.29) is 0 Å². The molecule has 1 rings (SSSR count). The fraction of sp³-hybridized carbons (Fsp3) is 0.429. The number of hydrogen-bond donors (Lipinski definition) is 2. The molecule has 0 radical (unpaired) electrons. The number of allylic oxidation sites excluding steroid dienone is 2. The Morgan fingerprint density at radius 2 is 1.93 bits per heavy atom. The lowest BCUT2D eigenvalue weighted by Crippen LogP contribution is -2.56. The van der Waals surface area contributed by atoms with Crippen LogP contribution in [0.1, 0.15) is 0 Å². The Bertz CT molecular complexity index is 292. The number of alkyl halides is 4. The van der Waals surface area contributed by atoms with Crippen molar-refractivity contribution in [3.63, 3.8) is 0 Å². The molecule has 0 saturated carbocycles. The molecular formula is C7H7BClF3O3. The van der Waals surface area contributed by atoms with Crippen LogP contribution in [0.5, 0.6) is 0 Å². The summed E-state index contributed by atoms with van der Waals surface area (Å²) in [6.45, 7) is 0. The highest BCUT2D eigenvalue weighted by molar-refractivity contribution is 6.33. The van der Waals surface area contributed by atoms with Gasteiger partial charge in [-0.05, 0) is 6.08 Å². The van der Waals surface area contributed by atoms with Gasteiger partial charge >= 0.3 is 13.5 Å². The summed E-state index contributed by atoms with van der Waals surface area (Å²) >= 11 is 5.46. The molecule has 0 aromatic heterocycles. The van der Waals surface area contributed by atoms with E-state index in [0.717, 1.165) is 12.2 Å². The topological polar surface area (TPSA) is 49.7 Å². The minimum atomic E-state index is -4.84. The Hall–Kier alpha value is -0.495. The Morgan fingerprint density at radius 3 is 2.33 bits per heavy atom. The van der Waals surface area contributed by atoms with Crippen molar-refractivity contribution in [1.82, 2.24) is 0 Å². The van der Waals surface area contributed by atoms with Crippen LogP contribution in [-0.4, -0.2) is 34.5 Å². The maximum Gasteiger partial charge on any atom is 0.634 e. The van der Waals surface area contributed by atoms with Gasteiger partial charge in [-0.1, -0.05) is 18.2 Å². The number of halogens is 4. The van der Waals surface area contributed by atoms with Crippen molar-refractivity contribution in [2.75, 3.05) is 0 Å². The van der Waals surface area contributed by atoms with E-state index < -0.39 is 24.5 Å². The fourth-order valence-electron chi connectivity index (χ4n) is 1.19. The van der Waals surface area contributed by atoms with Crippen LogP contribution < -0.4 is 0 Å². The highest BCUT2D eigenvalue weighted by Crippen LogP contribution is 2.42. The molecule has 2 unspecified atom stereocenters. The van der Waals surface area contributed by atoms with Crippen LogP contribution in [0, 0.1) is 0 Å². The van der Waals surface area contributed by atoms with E-state index in [1.54, 1.807) is 0 Å². The first kappa shape index (κ1) is 12.6. The quantitative estimate of drug-likeness (QED) is 0.561. The maximum absolute atomic E-state index is 12.7. The fourth-order valence-corrected chi connectivity index (χ4v) is 1.52. The third kappa shape index (κ3) is 2.36. The molecule has 3 nitrogen and oxygen atoms in total. The monoisotopic (exact) mass is 242 g/mol. The van der Waals surface area contributed by atoms with Crippen molar-refractivity contribution in [3.05, 3.63) is 24.3 Å². The van der Waals surface area contributed by atoms with Crippen LogP contribution >= 0.6 is 11.6 Å². The summed E-state index contributed by atoms with van der Waals surface area (Å²) in [5, 5.41) is 15.4. The van der Waals surface area contributed by atoms with E-state index in [1.165, 1.54) is 6.08 Å². The molecule has 0 spiro atoms. The van der Waals surface area contributed by atoms with Crippen molar-refractivity contribution >= 4 is 18.9 Å². The molecule has 15 heavy (non-hydrogen) atoms. The lowest BCUT2D eigenvalue weighted by atomic mass is 9.92. The van der Waals surface area contributed by atoms with E-state index in [4.69, 9.17) is 21.6 Å². The molecule has 0 fully saturated rings. The van der Waals surface area contributed by atoms with Gasteiger partial charge in [0.15, 0.2) is 5.60 Å². The average Bonchev–Trinajstić information content (AvgIpc) is 2.06. The third-order valence-electron chi connectivity index (χ3n) is 1.89. The van der Waals surface area contributed by atoms with Crippen molar-refractivity contribution in [2.24, 2.45) is 0 Å². The van der Waals surface area contributed by atoms with Gasteiger partial charge in [-0.2, -0.15) is 13.2 Å². The lowest BCUT2D eigenvalue weighted by Gasteiger charge is -2.36. The van der Waals surface area contributed by atoms with Crippen molar-refractivity contribution in [1.29, 1.82) is 0 Å². The summed E-state index contributed by atoms with van der Waals surface area (Å²) in [5.41, 5.74) is -2.91. The van der Waals surface area contributed by atoms with E-state index in [1.807, 2.05) is 0 Å². The first-order valence-corrected chi connectivity index (χ1v) is 4.34. The first-order valence-electron chi connectivity index (χ1n) is 3.90. The van der Waals surface area contributed by atoms with Gasteiger partial charge in [0.1, 0.15) is 0 Å². The maximum atomic E-state index is 12.7. The van der Waals surface area contributed by atoms with E-state index in [2.05, 4.69) is 4.65 Å². The summed E-state index contributed by atoms with van der Waals surface area (Å²) in [7, 11) is -2.55. The lowest BCUT2D eigenvalue weighted by molar-refractivity contribution is -0.234. The molecule has 0 amide bonds.